The van der Waals surface area contributed by atoms with Crippen LogP contribution in [0.1, 0.15) is 30.5 Å². The van der Waals surface area contributed by atoms with Gasteiger partial charge < -0.3 is 0 Å². The SMILES string of the molecule is Cc1ccc(Cl)c2c1N=C(c1cnn(-c3cc(Cl)ccc3Cl)c1)C2(C)C. The van der Waals surface area contributed by atoms with Crippen LogP contribution in [-0.4, -0.2) is 15.5 Å². The van der Waals surface area contributed by atoms with Gasteiger partial charge in [-0.3, -0.25) is 4.99 Å². The van der Waals surface area contributed by atoms with E-state index < -0.39 is 0 Å². The Morgan fingerprint density at radius 1 is 1.00 bits per heavy atom. The second-order valence-corrected chi connectivity index (χ2v) is 8.19. The van der Waals surface area contributed by atoms with Gasteiger partial charge >= 0.3 is 0 Å². The van der Waals surface area contributed by atoms with Crippen LogP contribution >= 0.6 is 34.8 Å². The normalized spacial score (nSPS) is 15.1. The summed E-state index contributed by atoms with van der Waals surface area (Å²) in [4.78, 5) is 4.90. The van der Waals surface area contributed by atoms with Crippen molar-refractivity contribution in [1.29, 1.82) is 0 Å². The van der Waals surface area contributed by atoms with Crippen LogP contribution in [0.2, 0.25) is 15.1 Å². The van der Waals surface area contributed by atoms with E-state index in [0.29, 0.717) is 10.0 Å². The topological polar surface area (TPSA) is 30.2 Å². The Balaban J connectivity index is 1.82. The second kappa shape index (κ2) is 6.12. The van der Waals surface area contributed by atoms with Crippen LogP contribution in [-0.2, 0) is 5.41 Å². The van der Waals surface area contributed by atoms with E-state index in [4.69, 9.17) is 39.8 Å². The smallest absolute Gasteiger partial charge is 0.0846 e. The first-order chi connectivity index (χ1) is 12.3. The molecule has 2 aromatic carbocycles. The highest BCUT2D eigenvalue weighted by Crippen LogP contribution is 2.47. The first-order valence-electron chi connectivity index (χ1n) is 8.18. The quantitative estimate of drug-likeness (QED) is 0.476. The first-order valence-corrected chi connectivity index (χ1v) is 9.31. The fraction of sp³-hybridized carbons (Fsp3) is 0.200. The van der Waals surface area contributed by atoms with E-state index in [1.165, 1.54) is 0 Å². The lowest BCUT2D eigenvalue weighted by Gasteiger charge is -2.22. The van der Waals surface area contributed by atoms with Gasteiger partial charge in [0.15, 0.2) is 0 Å². The lowest BCUT2D eigenvalue weighted by molar-refractivity contribution is 0.737. The highest BCUT2D eigenvalue weighted by molar-refractivity contribution is 6.34. The predicted molar refractivity (Wildman–Crippen MR) is 109 cm³/mol. The Morgan fingerprint density at radius 2 is 1.73 bits per heavy atom. The molecule has 1 aromatic heterocycles. The molecule has 1 aliphatic heterocycles. The summed E-state index contributed by atoms with van der Waals surface area (Å²) in [7, 11) is 0. The molecule has 0 N–H and O–H groups in total. The van der Waals surface area contributed by atoms with Gasteiger partial charge in [0.2, 0.25) is 0 Å². The Morgan fingerprint density at radius 3 is 2.46 bits per heavy atom. The van der Waals surface area contributed by atoms with Crippen molar-refractivity contribution in [2.24, 2.45) is 4.99 Å². The minimum absolute atomic E-state index is 0.315. The van der Waals surface area contributed by atoms with Gasteiger partial charge in [0.05, 0.1) is 28.3 Å². The van der Waals surface area contributed by atoms with Crippen molar-refractivity contribution in [2.45, 2.75) is 26.2 Å². The molecule has 0 fully saturated rings. The molecule has 0 unspecified atom stereocenters. The van der Waals surface area contributed by atoms with Crippen molar-refractivity contribution in [3.8, 4) is 5.69 Å². The number of rotatable bonds is 2. The second-order valence-electron chi connectivity index (χ2n) is 6.94. The molecule has 3 nitrogen and oxygen atoms in total. The number of fused-ring (bicyclic) bond motifs is 1. The van der Waals surface area contributed by atoms with E-state index in [1.807, 2.05) is 25.3 Å². The van der Waals surface area contributed by atoms with Crippen molar-refractivity contribution in [3.63, 3.8) is 0 Å². The summed E-state index contributed by atoms with van der Waals surface area (Å²) in [6.45, 7) is 6.31. The van der Waals surface area contributed by atoms with Gasteiger partial charge in [-0.2, -0.15) is 5.10 Å². The molecule has 2 heterocycles. The van der Waals surface area contributed by atoms with Gasteiger partial charge in [-0.25, -0.2) is 4.68 Å². The van der Waals surface area contributed by atoms with E-state index >= 15 is 0 Å². The molecule has 0 bridgehead atoms. The molecule has 3 aromatic rings. The summed E-state index contributed by atoms with van der Waals surface area (Å²) in [5, 5.41) is 6.39. The van der Waals surface area contributed by atoms with Crippen LogP contribution in [0, 0.1) is 6.92 Å². The number of nitrogens with zero attached hydrogens (tertiary/aromatic N) is 3. The molecule has 1 aliphatic rings. The maximum absolute atomic E-state index is 6.49. The lowest BCUT2D eigenvalue weighted by Crippen LogP contribution is -2.26. The van der Waals surface area contributed by atoms with E-state index in [0.717, 1.165) is 38.8 Å². The molecule has 4 rings (SSSR count). The third-order valence-corrected chi connectivity index (χ3v) is 5.65. The average molecular weight is 405 g/mol. The zero-order valence-electron chi connectivity index (χ0n) is 14.5. The van der Waals surface area contributed by atoms with Crippen molar-refractivity contribution < 1.29 is 0 Å². The highest BCUT2D eigenvalue weighted by atomic mass is 35.5. The monoisotopic (exact) mass is 403 g/mol. The van der Waals surface area contributed by atoms with Crippen LogP contribution in [0.25, 0.3) is 5.69 Å². The minimum atomic E-state index is -0.315. The minimum Gasteiger partial charge on any atom is -0.251 e. The van der Waals surface area contributed by atoms with Gasteiger partial charge in [0.25, 0.3) is 0 Å². The molecular weight excluding hydrogens is 389 g/mol. The Labute approximate surface area is 167 Å². The summed E-state index contributed by atoms with van der Waals surface area (Å²) < 4.78 is 1.72. The fourth-order valence-corrected chi connectivity index (χ4v) is 4.20. The Hall–Kier alpha value is -1.81. The standard InChI is InChI=1S/C20H16Cl3N3/c1-11-4-6-15(23)17-18(11)25-19(20(17,2)3)12-9-24-26(10-12)16-8-13(21)5-7-14(16)22/h4-10H,1-3H3. The van der Waals surface area contributed by atoms with Gasteiger partial charge in [0.1, 0.15) is 0 Å². The Bertz CT molecular complexity index is 1060. The number of hydrogen-bond donors (Lipinski definition) is 0. The van der Waals surface area contributed by atoms with Crippen LogP contribution < -0.4 is 0 Å². The molecule has 0 aliphatic carbocycles. The number of halogens is 3. The van der Waals surface area contributed by atoms with Crippen molar-refractivity contribution in [2.75, 3.05) is 0 Å². The molecule has 0 saturated heterocycles. The third kappa shape index (κ3) is 2.66. The third-order valence-electron chi connectivity index (χ3n) is 4.78. The maximum Gasteiger partial charge on any atom is 0.0846 e. The molecule has 0 amide bonds. The zero-order chi connectivity index (χ0) is 18.6. The molecular formula is C20H16Cl3N3. The van der Waals surface area contributed by atoms with E-state index in [1.54, 1.807) is 29.1 Å². The van der Waals surface area contributed by atoms with Crippen LogP contribution in [0.4, 0.5) is 5.69 Å². The summed E-state index contributed by atoms with van der Waals surface area (Å²) in [6.07, 6.45) is 3.72. The summed E-state index contributed by atoms with van der Waals surface area (Å²) in [5.74, 6) is 0. The summed E-state index contributed by atoms with van der Waals surface area (Å²) in [6, 6.07) is 9.24. The van der Waals surface area contributed by atoms with Gasteiger partial charge in [0, 0.05) is 32.8 Å². The first kappa shape index (κ1) is 17.6. The number of benzene rings is 2. The zero-order valence-corrected chi connectivity index (χ0v) is 16.8. The number of aliphatic imine (C=N–C) groups is 1. The van der Waals surface area contributed by atoms with Crippen molar-refractivity contribution in [1.82, 2.24) is 9.78 Å². The molecule has 0 atom stereocenters. The molecule has 132 valence electrons. The molecule has 6 heteroatoms. The Kier molecular flexibility index (Phi) is 4.14. The van der Waals surface area contributed by atoms with E-state index in [2.05, 4.69) is 18.9 Å². The van der Waals surface area contributed by atoms with Crippen LogP contribution in [0.5, 0.6) is 0 Å². The van der Waals surface area contributed by atoms with Crippen molar-refractivity contribution in [3.05, 3.63) is 74.5 Å². The summed E-state index contributed by atoms with van der Waals surface area (Å²) in [5.41, 5.74) is 5.40. The van der Waals surface area contributed by atoms with Gasteiger partial charge in [-0.1, -0.05) is 40.9 Å². The van der Waals surface area contributed by atoms with Crippen molar-refractivity contribution >= 4 is 46.2 Å². The number of hydrogen-bond acceptors (Lipinski definition) is 2. The summed E-state index contributed by atoms with van der Waals surface area (Å²) >= 11 is 18.9. The average Bonchev–Trinajstić information content (AvgIpc) is 3.16. The largest absolute Gasteiger partial charge is 0.251 e. The molecule has 26 heavy (non-hydrogen) atoms. The number of aryl methyl sites for hydroxylation is 1. The number of aromatic nitrogens is 2. The predicted octanol–water partition coefficient (Wildman–Crippen LogP) is 6.55. The van der Waals surface area contributed by atoms with Crippen LogP contribution in [0.15, 0.2) is 47.7 Å². The van der Waals surface area contributed by atoms with Gasteiger partial charge in [-0.15, -0.1) is 0 Å². The fourth-order valence-electron chi connectivity index (χ4n) is 3.44. The molecule has 0 saturated carbocycles. The van der Waals surface area contributed by atoms with Crippen LogP contribution in [0.3, 0.4) is 0 Å². The van der Waals surface area contributed by atoms with E-state index in [9.17, 15) is 0 Å². The molecule has 0 spiro atoms. The lowest BCUT2D eigenvalue weighted by atomic mass is 9.79. The van der Waals surface area contributed by atoms with Gasteiger partial charge in [-0.05, 0) is 50.6 Å². The maximum atomic E-state index is 6.49. The molecule has 0 radical (unpaired) electrons. The highest BCUT2D eigenvalue weighted by Gasteiger charge is 2.38. The van der Waals surface area contributed by atoms with E-state index in [-0.39, 0.29) is 5.41 Å².